The van der Waals surface area contributed by atoms with E-state index in [1.807, 2.05) is 20.8 Å². The Kier molecular flexibility index (Phi) is 5.60. The lowest BCUT2D eigenvalue weighted by atomic mass is 9.64. The van der Waals surface area contributed by atoms with E-state index in [0.29, 0.717) is 18.4 Å². The van der Waals surface area contributed by atoms with E-state index in [4.69, 9.17) is 9.47 Å². The zero-order valence-corrected chi connectivity index (χ0v) is 19.2. The van der Waals surface area contributed by atoms with Gasteiger partial charge in [-0.25, -0.2) is 9.59 Å². The molecule has 1 heterocycles. The summed E-state index contributed by atoms with van der Waals surface area (Å²) in [5.74, 6) is -1.33. The minimum Gasteiger partial charge on any atom is -0.462 e. The number of esters is 2. The molecule has 7 nitrogen and oxygen atoms in total. The van der Waals surface area contributed by atoms with E-state index < -0.39 is 28.2 Å². The topological polar surface area (TPSA) is 98.8 Å². The summed E-state index contributed by atoms with van der Waals surface area (Å²) < 4.78 is 10.2. The van der Waals surface area contributed by atoms with Crippen molar-refractivity contribution in [1.29, 1.82) is 0 Å². The molecule has 1 aromatic heterocycles. The second-order valence-corrected chi connectivity index (χ2v) is 9.82. The van der Waals surface area contributed by atoms with Crippen LogP contribution < -0.4 is 5.32 Å². The number of carbonyl (C=O) groups excluding carboxylic acids is 4. The summed E-state index contributed by atoms with van der Waals surface area (Å²) in [5.41, 5.74) is -1.30. The van der Waals surface area contributed by atoms with Crippen LogP contribution in [0.5, 0.6) is 0 Å². The quantitative estimate of drug-likeness (QED) is 0.675. The molecule has 3 rings (SSSR count). The molecule has 2 fully saturated rings. The van der Waals surface area contributed by atoms with Gasteiger partial charge < -0.3 is 14.8 Å². The lowest BCUT2D eigenvalue weighted by molar-refractivity contribution is -0.131. The summed E-state index contributed by atoms with van der Waals surface area (Å²) in [6, 6.07) is 0. The third kappa shape index (κ3) is 2.91. The van der Waals surface area contributed by atoms with Gasteiger partial charge in [0, 0.05) is 11.8 Å². The van der Waals surface area contributed by atoms with Crippen molar-refractivity contribution in [2.45, 2.75) is 60.8 Å². The number of rotatable bonds is 6. The number of ketones is 1. The molecule has 0 spiro atoms. The largest absolute Gasteiger partial charge is 0.462 e. The average Bonchev–Trinajstić information content (AvgIpc) is 3.15. The first-order chi connectivity index (χ1) is 14.0. The Bertz CT molecular complexity index is 932. The molecule has 1 aromatic rings. The van der Waals surface area contributed by atoms with E-state index in [0.717, 1.165) is 11.3 Å². The monoisotopic (exact) mass is 435 g/mol. The molecular formula is C22H29NO6S. The van der Waals surface area contributed by atoms with Gasteiger partial charge in [0.15, 0.2) is 0 Å². The van der Waals surface area contributed by atoms with E-state index >= 15 is 0 Å². The Labute approximate surface area is 180 Å². The van der Waals surface area contributed by atoms with E-state index in [-0.39, 0.29) is 46.8 Å². The lowest BCUT2D eigenvalue weighted by Gasteiger charge is -2.38. The molecule has 1 amide bonds. The first-order valence-corrected chi connectivity index (χ1v) is 11.1. The Morgan fingerprint density at radius 3 is 2.13 bits per heavy atom. The fourth-order valence-corrected chi connectivity index (χ4v) is 6.11. The maximum absolute atomic E-state index is 13.5. The molecule has 1 N–H and O–H groups in total. The zero-order valence-electron chi connectivity index (χ0n) is 18.4. The van der Waals surface area contributed by atoms with Gasteiger partial charge in [0.1, 0.15) is 15.7 Å². The number of thiophene rings is 1. The van der Waals surface area contributed by atoms with Crippen LogP contribution in [0.25, 0.3) is 0 Å². The third-order valence-corrected chi connectivity index (χ3v) is 8.64. The van der Waals surface area contributed by atoms with Crippen LogP contribution >= 0.6 is 11.3 Å². The van der Waals surface area contributed by atoms with Crippen molar-refractivity contribution < 1.29 is 28.7 Å². The van der Waals surface area contributed by atoms with E-state index in [1.165, 1.54) is 0 Å². The van der Waals surface area contributed by atoms with Crippen LogP contribution in [0, 0.1) is 23.2 Å². The van der Waals surface area contributed by atoms with Crippen molar-refractivity contribution in [3.8, 4) is 0 Å². The number of fused-ring (bicyclic) bond motifs is 2. The molecule has 2 aliphatic rings. The number of Topliss-reactive ketones (excluding diaryl/α,β-unsaturated/α-hetero) is 1. The lowest BCUT2D eigenvalue weighted by Crippen LogP contribution is -2.43. The maximum atomic E-state index is 13.5. The van der Waals surface area contributed by atoms with Crippen LogP contribution in [0.3, 0.4) is 0 Å². The average molecular weight is 436 g/mol. The molecule has 164 valence electrons. The highest BCUT2D eigenvalue weighted by Crippen LogP contribution is 2.70. The number of amides is 1. The van der Waals surface area contributed by atoms with Gasteiger partial charge in [-0.2, -0.15) is 0 Å². The normalized spacial score (nSPS) is 26.5. The number of nitrogens with one attached hydrogen (secondary N) is 1. The van der Waals surface area contributed by atoms with E-state index in [1.54, 1.807) is 20.8 Å². The van der Waals surface area contributed by atoms with Gasteiger partial charge in [-0.15, -0.1) is 11.3 Å². The van der Waals surface area contributed by atoms with Crippen molar-refractivity contribution in [2.24, 2.45) is 16.2 Å². The molecule has 2 unspecified atom stereocenters. The van der Waals surface area contributed by atoms with Crippen molar-refractivity contribution in [3.63, 3.8) is 0 Å². The SMILES string of the molecule is CCOC(=O)c1sc(NC(=O)C23CCC(C)(C(=O)C2)C3(C)C)c(C(=O)OCC)c1C. The Hall–Kier alpha value is -2.22. The van der Waals surface area contributed by atoms with Gasteiger partial charge in [0.2, 0.25) is 5.91 Å². The second kappa shape index (κ2) is 7.48. The summed E-state index contributed by atoms with van der Waals surface area (Å²) in [4.78, 5) is 51.4. The van der Waals surface area contributed by atoms with Gasteiger partial charge >= 0.3 is 11.9 Å². The minimum absolute atomic E-state index is 0.106. The fraction of sp³-hybridized carbons (Fsp3) is 0.636. The van der Waals surface area contributed by atoms with Crippen LogP contribution in [-0.2, 0) is 19.1 Å². The van der Waals surface area contributed by atoms with Crippen LogP contribution in [0.1, 0.15) is 79.5 Å². The molecular weight excluding hydrogens is 406 g/mol. The fourth-order valence-electron chi connectivity index (χ4n) is 5.03. The van der Waals surface area contributed by atoms with Crippen molar-refractivity contribution >= 4 is 40.0 Å². The Morgan fingerprint density at radius 2 is 1.63 bits per heavy atom. The molecule has 2 atom stereocenters. The molecule has 2 aliphatic carbocycles. The van der Waals surface area contributed by atoms with Crippen molar-refractivity contribution in [3.05, 3.63) is 16.0 Å². The van der Waals surface area contributed by atoms with Crippen molar-refractivity contribution in [2.75, 3.05) is 18.5 Å². The summed E-state index contributed by atoms with van der Waals surface area (Å²) in [6.45, 7) is 11.3. The summed E-state index contributed by atoms with van der Waals surface area (Å²) >= 11 is 1.01. The predicted octanol–water partition coefficient (Wildman–Crippen LogP) is 4.13. The Balaban J connectivity index is 2.01. The van der Waals surface area contributed by atoms with Gasteiger partial charge in [0.05, 0.1) is 24.2 Å². The van der Waals surface area contributed by atoms with Crippen LogP contribution in [-0.4, -0.2) is 36.8 Å². The molecule has 2 saturated carbocycles. The maximum Gasteiger partial charge on any atom is 0.348 e. The molecule has 8 heteroatoms. The summed E-state index contributed by atoms with van der Waals surface area (Å²) in [6.07, 6.45) is 1.46. The van der Waals surface area contributed by atoms with Gasteiger partial charge in [-0.05, 0) is 44.6 Å². The highest BCUT2D eigenvalue weighted by Gasteiger charge is 2.72. The molecule has 0 saturated heterocycles. The number of hydrogen-bond donors (Lipinski definition) is 1. The predicted molar refractivity (Wildman–Crippen MR) is 113 cm³/mol. The molecule has 30 heavy (non-hydrogen) atoms. The molecule has 0 aromatic carbocycles. The smallest absolute Gasteiger partial charge is 0.348 e. The number of anilines is 1. The van der Waals surface area contributed by atoms with E-state index in [2.05, 4.69) is 5.32 Å². The molecule has 2 bridgehead atoms. The second-order valence-electron chi connectivity index (χ2n) is 8.79. The molecule has 0 aliphatic heterocycles. The standard InChI is InChI=1S/C22H29NO6S/c1-7-28-17(25)14-12(3)15(18(26)29-8-2)30-16(14)23-19(27)22-10-9-21(6,13(24)11-22)20(22,4)5/h7-11H2,1-6H3,(H,23,27). The first-order valence-electron chi connectivity index (χ1n) is 10.3. The van der Waals surface area contributed by atoms with E-state index in [9.17, 15) is 19.2 Å². The summed E-state index contributed by atoms with van der Waals surface area (Å²) in [7, 11) is 0. The molecule has 0 radical (unpaired) electrons. The van der Waals surface area contributed by atoms with Crippen LogP contribution in [0.2, 0.25) is 0 Å². The highest BCUT2D eigenvalue weighted by molar-refractivity contribution is 7.18. The van der Waals surface area contributed by atoms with Gasteiger partial charge in [-0.3, -0.25) is 9.59 Å². The highest BCUT2D eigenvalue weighted by atomic mass is 32.1. The number of carbonyl (C=O) groups is 4. The number of ether oxygens (including phenoxy) is 2. The van der Waals surface area contributed by atoms with Crippen LogP contribution in [0.4, 0.5) is 5.00 Å². The van der Waals surface area contributed by atoms with Gasteiger partial charge in [-0.1, -0.05) is 20.8 Å². The number of hydrogen-bond acceptors (Lipinski definition) is 7. The zero-order chi connectivity index (χ0) is 22.5. The van der Waals surface area contributed by atoms with Crippen molar-refractivity contribution in [1.82, 2.24) is 0 Å². The first kappa shape index (κ1) is 22.5. The third-order valence-electron chi connectivity index (χ3n) is 7.45. The van der Waals surface area contributed by atoms with Gasteiger partial charge in [0.25, 0.3) is 0 Å². The van der Waals surface area contributed by atoms with Crippen LogP contribution in [0.15, 0.2) is 0 Å². The minimum atomic E-state index is -0.841. The summed E-state index contributed by atoms with van der Waals surface area (Å²) in [5, 5.41) is 3.14. The Morgan fingerprint density at radius 1 is 1.03 bits per heavy atom.